The number of hydrogen-bond acceptors (Lipinski definition) is 6. The molecule has 0 fully saturated rings. The van der Waals surface area contributed by atoms with Gasteiger partial charge in [-0.1, -0.05) is 11.9 Å². The molecule has 0 spiro atoms. The number of aliphatic hydroxyl groups excluding tert-OH is 1. The lowest BCUT2D eigenvalue weighted by Crippen LogP contribution is -2.18. The van der Waals surface area contributed by atoms with Gasteiger partial charge in [0.15, 0.2) is 0 Å². The monoisotopic (exact) mass is 307 g/mol. The molecule has 0 amide bonds. The Morgan fingerprint density at radius 3 is 2.65 bits per heavy atom. The molecule has 0 aromatic heterocycles. The molecule has 1 aromatic carbocycles. The van der Waals surface area contributed by atoms with Gasteiger partial charge in [0.05, 0.1) is 17.2 Å². The normalized spacial score (nSPS) is 11.6. The molecular formula is C14H17N3OS2. The molecule has 0 bridgehead atoms. The van der Waals surface area contributed by atoms with E-state index < -0.39 is 0 Å². The SMILES string of the molecule is CC(O)CNSCCCSc1ccc(C#N)c(C#N)c1. The summed E-state index contributed by atoms with van der Waals surface area (Å²) in [5.74, 6) is 1.93. The highest BCUT2D eigenvalue weighted by Gasteiger charge is 2.03. The second-order valence-electron chi connectivity index (χ2n) is 4.18. The molecule has 20 heavy (non-hydrogen) atoms. The van der Waals surface area contributed by atoms with Crippen LogP contribution in [-0.2, 0) is 0 Å². The van der Waals surface area contributed by atoms with Gasteiger partial charge in [-0.3, -0.25) is 4.72 Å². The quantitative estimate of drug-likeness (QED) is 0.436. The Labute approximate surface area is 128 Å². The van der Waals surface area contributed by atoms with Crippen molar-refractivity contribution in [1.29, 1.82) is 10.5 Å². The first kappa shape index (κ1) is 16.9. The summed E-state index contributed by atoms with van der Waals surface area (Å²) in [4.78, 5) is 1.02. The standard InChI is InChI=1S/C14H17N3OS2/c1-11(18)10-17-20-6-2-5-19-14-4-3-12(8-15)13(7-14)9-16/h3-4,7,11,17-18H,2,5-6,10H2,1H3. The smallest absolute Gasteiger partial charge is 0.101 e. The summed E-state index contributed by atoms with van der Waals surface area (Å²) in [6.45, 7) is 2.35. The van der Waals surface area contributed by atoms with Crippen LogP contribution >= 0.6 is 23.7 Å². The summed E-state index contributed by atoms with van der Waals surface area (Å²) in [7, 11) is 0. The van der Waals surface area contributed by atoms with Crippen molar-refractivity contribution in [2.75, 3.05) is 18.1 Å². The fourth-order valence-electron chi connectivity index (χ4n) is 1.38. The molecule has 0 aliphatic carbocycles. The zero-order chi connectivity index (χ0) is 14.8. The Balaban J connectivity index is 2.26. The number of nitrogens with one attached hydrogen (secondary N) is 1. The van der Waals surface area contributed by atoms with E-state index in [1.165, 1.54) is 0 Å². The van der Waals surface area contributed by atoms with Crippen molar-refractivity contribution in [3.05, 3.63) is 29.3 Å². The molecule has 0 aliphatic rings. The lowest BCUT2D eigenvalue weighted by atomic mass is 10.1. The van der Waals surface area contributed by atoms with Gasteiger partial charge >= 0.3 is 0 Å². The third-order valence-electron chi connectivity index (χ3n) is 2.37. The third-order valence-corrected chi connectivity index (χ3v) is 4.32. The molecular weight excluding hydrogens is 290 g/mol. The summed E-state index contributed by atoms with van der Waals surface area (Å²) in [6.07, 6.45) is 0.712. The van der Waals surface area contributed by atoms with Crippen molar-refractivity contribution in [1.82, 2.24) is 4.72 Å². The minimum absolute atomic E-state index is 0.320. The maximum absolute atomic E-state index is 9.07. The van der Waals surface area contributed by atoms with Gasteiger partial charge in [0, 0.05) is 17.2 Å². The van der Waals surface area contributed by atoms with E-state index in [0.29, 0.717) is 17.7 Å². The number of aliphatic hydroxyl groups is 1. The van der Waals surface area contributed by atoms with Crippen LogP contribution in [0.15, 0.2) is 23.1 Å². The van der Waals surface area contributed by atoms with E-state index in [9.17, 15) is 0 Å². The average molecular weight is 307 g/mol. The van der Waals surface area contributed by atoms with Gasteiger partial charge < -0.3 is 5.11 Å². The summed E-state index contributed by atoms with van der Waals surface area (Å²) < 4.78 is 3.10. The van der Waals surface area contributed by atoms with Crippen LogP contribution in [0.5, 0.6) is 0 Å². The number of thioether (sulfide) groups is 1. The Morgan fingerprint density at radius 2 is 2.00 bits per heavy atom. The zero-order valence-electron chi connectivity index (χ0n) is 11.3. The highest BCUT2D eigenvalue weighted by molar-refractivity contribution is 7.99. The summed E-state index contributed by atoms with van der Waals surface area (Å²) in [6, 6.07) is 9.39. The van der Waals surface area contributed by atoms with Crippen molar-refractivity contribution in [2.24, 2.45) is 0 Å². The van der Waals surface area contributed by atoms with Gasteiger partial charge in [-0.2, -0.15) is 10.5 Å². The minimum atomic E-state index is -0.320. The average Bonchev–Trinajstić information content (AvgIpc) is 2.45. The second-order valence-corrected chi connectivity index (χ2v) is 6.33. The first-order valence-corrected chi connectivity index (χ1v) is 8.24. The summed E-state index contributed by atoms with van der Waals surface area (Å²) >= 11 is 3.29. The molecule has 0 radical (unpaired) electrons. The number of benzene rings is 1. The first-order valence-electron chi connectivity index (χ1n) is 6.27. The van der Waals surface area contributed by atoms with Gasteiger partial charge in [-0.15, -0.1) is 11.8 Å². The van der Waals surface area contributed by atoms with Gasteiger partial charge in [-0.25, -0.2) is 0 Å². The van der Waals surface area contributed by atoms with Crippen LogP contribution in [0.25, 0.3) is 0 Å². The highest BCUT2D eigenvalue weighted by Crippen LogP contribution is 2.22. The highest BCUT2D eigenvalue weighted by atomic mass is 32.2. The largest absolute Gasteiger partial charge is 0.392 e. The van der Waals surface area contributed by atoms with Crippen LogP contribution < -0.4 is 4.72 Å². The van der Waals surface area contributed by atoms with E-state index in [2.05, 4.69) is 4.72 Å². The maximum Gasteiger partial charge on any atom is 0.101 e. The second kappa shape index (κ2) is 9.68. The molecule has 0 aliphatic heterocycles. The lowest BCUT2D eigenvalue weighted by Gasteiger charge is -2.06. The van der Waals surface area contributed by atoms with Crippen LogP contribution in [0.3, 0.4) is 0 Å². The topological polar surface area (TPSA) is 79.8 Å². The van der Waals surface area contributed by atoms with E-state index in [1.807, 2.05) is 18.2 Å². The van der Waals surface area contributed by atoms with Crippen molar-refractivity contribution in [2.45, 2.75) is 24.3 Å². The predicted octanol–water partition coefficient (Wildman–Crippen LogP) is 2.53. The van der Waals surface area contributed by atoms with Crippen LogP contribution in [0.2, 0.25) is 0 Å². The van der Waals surface area contributed by atoms with Gasteiger partial charge in [0.2, 0.25) is 0 Å². The molecule has 2 N–H and O–H groups in total. The zero-order valence-corrected chi connectivity index (χ0v) is 12.9. The Morgan fingerprint density at radius 1 is 1.25 bits per heavy atom. The fraction of sp³-hybridized carbons (Fsp3) is 0.429. The van der Waals surface area contributed by atoms with Crippen molar-refractivity contribution in [3.63, 3.8) is 0 Å². The Kier molecular flexibility index (Phi) is 8.17. The van der Waals surface area contributed by atoms with Crippen LogP contribution in [-0.4, -0.2) is 29.3 Å². The minimum Gasteiger partial charge on any atom is -0.392 e. The van der Waals surface area contributed by atoms with E-state index >= 15 is 0 Å². The Hall–Kier alpha value is -1.18. The summed E-state index contributed by atoms with van der Waals surface area (Å²) in [5.41, 5.74) is 0.861. The first-order chi connectivity index (χ1) is 9.67. The third kappa shape index (κ3) is 6.31. The Bertz CT molecular complexity index is 506. The maximum atomic E-state index is 9.07. The molecule has 0 saturated carbocycles. The van der Waals surface area contributed by atoms with E-state index in [-0.39, 0.29) is 6.10 Å². The molecule has 1 rings (SSSR count). The van der Waals surface area contributed by atoms with Crippen LogP contribution in [0.4, 0.5) is 0 Å². The van der Waals surface area contributed by atoms with Crippen molar-refractivity contribution in [3.8, 4) is 12.1 Å². The van der Waals surface area contributed by atoms with Gasteiger partial charge in [0.1, 0.15) is 12.1 Å². The molecule has 6 heteroatoms. The van der Waals surface area contributed by atoms with E-state index in [4.69, 9.17) is 15.6 Å². The van der Waals surface area contributed by atoms with Crippen LogP contribution in [0, 0.1) is 22.7 Å². The molecule has 1 aromatic rings. The molecule has 1 atom stereocenters. The number of rotatable bonds is 8. The van der Waals surface area contributed by atoms with Crippen molar-refractivity contribution < 1.29 is 5.11 Å². The van der Waals surface area contributed by atoms with Gasteiger partial charge in [-0.05, 0) is 37.3 Å². The van der Waals surface area contributed by atoms with Gasteiger partial charge in [0.25, 0.3) is 0 Å². The molecule has 0 saturated heterocycles. The number of hydrogen-bond donors (Lipinski definition) is 2. The van der Waals surface area contributed by atoms with Crippen molar-refractivity contribution >= 4 is 23.7 Å². The number of nitriles is 2. The molecule has 0 heterocycles. The van der Waals surface area contributed by atoms with E-state index in [1.54, 1.807) is 42.8 Å². The number of nitrogens with zero attached hydrogens (tertiary/aromatic N) is 2. The molecule has 4 nitrogen and oxygen atoms in total. The lowest BCUT2D eigenvalue weighted by molar-refractivity contribution is 0.200. The molecule has 106 valence electrons. The summed E-state index contributed by atoms with van der Waals surface area (Å²) in [5, 5.41) is 26.9. The predicted molar refractivity (Wildman–Crippen MR) is 83.4 cm³/mol. The fourth-order valence-corrected chi connectivity index (χ4v) is 3.24. The van der Waals surface area contributed by atoms with Crippen LogP contribution in [0.1, 0.15) is 24.5 Å². The molecule has 1 unspecified atom stereocenters. The van der Waals surface area contributed by atoms with E-state index in [0.717, 1.165) is 22.8 Å².